The molecule has 0 radical (unpaired) electrons. The topological polar surface area (TPSA) is 29.5 Å². The maximum Gasteiger partial charge on any atom is 0.0945 e. The Morgan fingerprint density at radius 3 is 2.06 bits per heavy atom. The summed E-state index contributed by atoms with van der Waals surface area (Å²) in [6, 6.07) is 4.30. The Morgan fingerprint density at radius 1 is 1.06 bits per heavy atom. The molecule has 2 rings (SSSR count). The number of aliphatic hydroxyl groups is 1. The number of hydrogen-bond donors (Lipinski definition) is 1. The van der Waals surface area contributed by atoms with Gasteiger partial charge in [0.2, 0.25) is 0 Å². The number of benzene rings is 1. The zero-order valence-electron chi connectivity index (χ0n) is 10.3. The highest BCUT2D eigenvalue weighted by atomic mass is 16.5. The second-order valence-electron chi connectivity index (χ2n) is 4.92. The summed E-state index contributed by atoms with van der Waals surface area (Å²) in [5.41, 5.74) is 4.08. The third-order valence-electron chi connectivity index (χ3n) is 3.46. The van der Waals surface area contributed by atoms with E-state index in [0.29, 0.717) is 26.1 Å². The van der Waals surface area contributed by atoms with E-state index >= 15 is 0 Å². The molecule has 1 aliphatic heterocycles. The summed E-state index contributed by atoms with van der Waals surface area (Å²) in [4.78, 5) is 0. The van der Waals surface area contributed by atoms with Crippen LogP contribution in [0.5, 0.6) is 0 Å². The van der Waals surface area contributed by atoms with E-state index in [9.17, 15) is 5.11 Å². The fourth-order valence-electron chi connectivity index (χ4n) is 2.87. The maximum absolute atomic E-state index is 10.7. The smallest absolute Gasteiger partial charge is 0.0945 e. The predicted octanol–water partition coefficient (Wildman–Crippen LogP) is 2.61. The van der Waals surface area contributed by atoms with Crippen LogP contribution >= 0.6 is 0 Å². The van der Waals surface area contributed by atoms with Gasteiger partial charge in [-0.05, 0) is 37.5 Å². The minimum absolute atomic E-state index is 0.656. The Morgan fingerprint density at radius 2 is 1.56 bits per heavy atom. The van der Waals surface area contributed by atoms with Crippen molar-refractivity contribution in [1.29, 1.82) is 0 Å². The summed E-state index contributed by atoms with van der Waals surface area (Å²) in [6.07, 6.45) is 1.41. The molecule has 0 amide bonds. The quantitative estimate of drug-likeness (QED) is 0.788. The zero-order valence-corrected chi connectivity index (χ0v) is 10.3. The van der Waals surface area contributed by atoms with Gasteiger partial charge in [0.15, 0.2) is 0 Å². The van der Waals surface area contributed by atoms with Gasteiger partial charge in [0.05, 0.1) is 5.60 Å². The van der Waals surface area contributed by atoms with E-state index in [-0.39, 0.29) is 0 Å². The van der Waals surface area contributed by atoms with E-state index in [1.165, 1.54) is 16.7 Å². The molecule has 0 spiro atoms. The van der Waals surface area contributed by atoms with E-state index in [1.54, 1.807) is 0 Å². The second kappa shape index (κ2) is 4.19. The second-order valence-corrected chi connectivity index (χ2v) is 4.92. The van der Waals surface area contributed by atoms with E-state index in [2.05, 4.69) is 32.9 Å². The fraction of sp³-hybridized carbons (Fsp3) is 0.571. The van der Waals surface area contributed by atoms with Crippen molar-refractivity contribution >= 4 is 0 Å². The lowest BCUT2D eigenvalue weighted by Crippen LogP contribution is -2.34. The van der Waals surface area contributed by atoms with Gasteiger partial charge in [-0.3, -0.25) is 0 Å². The van der Waals surface area contributed by atoms with E-state index in [4.69, 9.17) is 4.74 Å². The monoisotopic (exact) mass is 220 g/mol. The van der Waals surface area contributed by atoms with Crippen molar-refractivity contribution in [3.8, 4) is 0 Å². The predicted molar refractivity (Wildman–Crippen MR) is 64.6 cm³/mol. The van der Waals surface area contributed by atoms with Crippen molar-refractivity contribution in [2.24, 2.45) is 0 Å². The van der Waals surface area contributed by atoms with Crippen molar-refractivity contribution in [2.75, 3.05) is 13.2 Å². The van der Waals surface area contributed by atoms with Crippen molar-refractivity contribution in [1.82, 2.24) is 0 Å². The maximum atomic E-state index is 10.7. The molecule has 2 nitrogen and oxygen atoms in total. The van der Waals surface area contributed by atoms with Crippen LogP contribution in [-0.4, -0.2) is 18.3 Å². The normalized spacial score (nSPS) is 19.8. The van der Waals surface area contributed by atoms with Crippen molar-refractivity contribution in [3.63, 3.8) is 0 Å². The molecule has 1 fully saturated rings. The Hall–Kier alpha value is -0.860. The first kappa shape index (κ1) is 11.6. The Kier molecular flexibility index (Phi) is 3.04. The standard InChI is InChI=1S/C14H20O2/c1-10-8-11(2)13(12(3)9-10)14(15)4-6-16-7-5-14/h8-9,15H,4-7H2,1-3H3. The Balaban J connectivity index is 2.46. The lowest BCUT2D eigenvalue weighted by atomic mass is 9.81. The third kappa shape index (κ3) is 2.00. The average molecular weight is 220 g/mol. The summed E-state index contributed by atoms with van der Waals surface area (Å²) in [7, 11) is 0. The molecular formula is C14H20O2. The first-order valence-corrected chi connectivity index (χ1v) is 5.91. The first-order chi connectivity index (χ1) is 7.53. The molecule has 1 aromatic rings. The van der Waals surface area contributed by atoms with Gasteiger partial charge in [-0.25, -0.2) is 0 Å². The van der Waals surface area contributed by atoms with Crippen molar-refractivity contribution in [3.05, 3.63) is 34.4 Å². The molecule has 0 aromatic heterocycles. The zero-order chi connectivity index (χ0) is 11.8. The van der Waals surface area contributed by atoms with Crippen LogP contribution in [0, 0.1) is 20.8 Å². The number of aryl methyl sites for hydroxylation is 3. The van der Waals surface area contributed by atoms with Crippen LogP contribution in [0.2, 0.25) is 0 Å². The third-order valence-corrected chi connectivity index (χ3v) is 3.46. The lowest BCUT2D eigenvalue weighted by Gasteiger charge is -2.35. The van der Waals surface area contributed by atoms with Gasteiger partial charge in [0, 0.05) is 26.1 Å². The van der Waals surface area contributed by atoms with Gasteiger partial charge in [-0.2, -0.15) is 0 Å². The summed E-state index contributed by atoms with van der Waals surface area (Å²) in [5.74, 6) is 0. The Labute approximate surface area is 97.3 Å². The number of rotatable bonds is 1. The fourth-order valence-corrected chi connectivity index (χ4v) is 2.87. The molecule has 88 valence electrons. The molecule has 1 aromatic carbocycles. The molecule has 1 saturated heterocycles. The van der Waals surface area contributed by atoms with E-state index in [0.717, 1.165) is 5.56 Å². The molecule has 2 heteroatoms. The number of hydrogen-bond acceptors (Lipinski definition) is 2. The van der Waals surface area contributed by atoms with Gasteiger partial charge in [-0.15, -0.1) is 0 Å². The van der Waals surface area contributed by atoms with Gasteiger partial charge in [0.1, 0.15) is 0 Å². The van der Waals surface area contributed by atoms with Gasteiger partial charge >= 0.3 is 0 Å². The van der Waals surface area contributed by atoms with Crippen molar-refractivity contribution < 1.29 is 9.84 Å². The van der Waals surface area contributed by atoms with Gasteiger partial charge < -0.3 is 9.84 Å². The molecule has 1 aliphatic rings. The van der Waals surface area contributed by atoms with Crippen LogP contribution in [0.25, 0.3) is 0 Å². The van der Waals surface area contributed by atoms with Crippen LogP contribution in [0.4, 0.5) is 0 Å². The van der Waals surface area contributed by atoms with Crippen LogP contribution in [-0.2, 0) is 10.3 Å². The minimum Gasteiger partial charge on any atom is -0.385 e. The minimum atomic E-state index is -0.680. The van der Waals surface area contributed by atoms with Crippen molar-refractivity contribution in [2.45, 2.75) is 39.2 Å². The highest BCUT2D eigenvalue weighted by molar-refractivity contribution is 5.41. The van der Waals surface area contributed by atoms with E-state index < -0.39 is 5.60 Å². The van der Waals surface area contributed by atoms with Gasteiger partial charge in [0.25, 0.3) is 0 Å². The molecule has 0 aliphatic carbocycles. The largest absolute Gasteiger partial charge is 0.385 e. The molecular weight excluding hydrogens is 200 g/mol. The summed E-state index contributed by atoms with van der Waals surface area (Å²) in [5, 5.41) is 10.7. The molecule has 16 heavy (non-hydrogen) atoms. The summed E-state index contributed by atoms with van der Waals surface area (Å²) in [6.45, 7) is 7.58. The summed E-state index contributed by atoms with van der Waals surface area (Å²) < 4.78 is 5.33. The van der Waals surface area contributed by atoms with Crippen LogP contribution in [0.15, 0.2) is 12.1 Å². The lowest BCUT2D eigenvalue weighted by molar-refractivity contribution is -0.0686. The SMILES string of the molecule is Cc1cc(C)c(C2(O)CCOCC2)c(C)c1. The highest BCUT2D eigenvalue weighted by Gasteiger charge is 2.34. The number of ether oxygens (including phenoxy) is 1. The van der Waals surface area contributed by atoms with Crippen LogP contribution < -0.4 is 0 Å². The highest BCUT2D eigenvalue weighted by Crippen LogP contribution is 2.36. The average Bonchev–Trinajstić information content (AvgIpc) is 2.16. The first-order valence-electron chi connectivity index (χ1n) is 5.91. The molecule has 0 saturated carbocycles. The molecule has 0 bridgehead atoms. The van der Waals surface area contributed by atoms with Crippen LogP contribution in [0.3, 0.4) is 0 Å². The van der Waals surface area contributed by atoms with Gasteiger partial charge in [-0.1, -0.05) is 17.7 Å². The summed E-state index contributed by atoms with van der Waals surface area (Å²) >= 11 is 0. The molecule has 1 N–H and O–H groups in total. The molecule has 0 atom stereocenters. The van der Waals surface area contributed by atoms with Crippen LogP contribution in [0.1, 0.15) is 35.1 Å². The Bertz CT molecular complexity index is 367. The molecule has 0 unspecified atom stereocenters. The molecule has 1 heterocycles. The van der Waals surface area contributed by atoms with E-state index in [1.807, 2.05) is 0 Å².